The molecule has 1 atom stereocenters. The van der Waals surface area contributed by atoms with E-state index in [4.69, 9.17) is 14.5 Å². The summed E-state index contributed by atoms with van der Waals surface area (Å²) < 4.78 is 12.4. The number of carbonyl (C=O) groups is 2. The van der Waals surface area contributed by atoms with Crippen molar-refractivity contribution in [1.29, 1.82) is 0 Å². The number of hydrogen-bond acceptors (Lipinski definition) is 6. The van der Waals surface area contributed by atoms with Crippen molar-refractivity contribution in [3.63, 3.8) is 0 Å². The first-order chi connectivity index (χ1) is 17.0. The first-order valence-electron chi connectivity index (χ1n) is 11.4. The molecule has 2 aromatic carbocycles. The summed E-state index contributed by atoms with van der Waals surface area (Å²) in [6, 6.07) is 17.0. The highest BCUT2D eigenvalue weighted by Crippen LogP contribution is 2.37. The van der Waals surface area contributed by atoms with Gasteiger partial charge in [0.2, 0.25) is 18.6 Å². The molecule has 176 valence electrons. The first-order valence-corrected chi connectivity index (χ1v) is 11.4. The highest BCUT2D eigenvalue weighted by atomic mass is 16.7. The van der Waals surface area contributed by atoms with Crippen LogP contribution in [0.5, 0.6) is 11.5 Å². The van der Waals surface area contributed by atoms with Crippen LogP contribution in [-0.2, 0) is 9.59 Å². The van der Waals surface area contributed by atoms with Crippen LogP contribution < -0.4 is 19.7 Å². The number of aromatic nitrogens is 3. The van der Waals surface area contributed by atoms with E-state index in [2.05, 4.69) is 10.4 Å². The van der Waals surface area contributed by atoms with Crippen LogP contribution in [0.4, 0.5) is 11.5 Å². The summed E-state index contributed by atoms with van der Waals surface area (Å²) in [5, 5.41) is 8.60. The average molecular weight is 470 g/mol. The van der Waals surface area contributed by atoms with Crippen LogP contribution in [0.25, 0.3) is 16.7 Å². The Morgan fingerprint density at radius 2 is 1.89 bits per heavy atom. The zero-order valence-electron chi connectivity index (χ0n) is 19.3. The third kappa shape index (κ3) is 3.74. The van der Waals surface area contributed by atoms with Crippen molar-refractivity contribution in [3.05, 3.63) is 65.9 Å². The van der Waals surface area contributed by atoms with E-state index in [9.17, 15) is 9.59 Å². The Morgan fingerprint density at radius 3 is 2.77 bits per heavy atom. The predicted molar refractivity (Wildman–Crippen MR) is 130 cm³/mol. The summed E-state index contributed by atoms with van der Waals surface area (Å²) >= 11 is 0. The van der Waals surface area contributed by atoms with Crippen LogP contribution in [-0.4, -0.2) is 39.9 Å². The lowest BCUT2D eigenvalue weighted by atomic mass is 10.1. The Bertz CT molecular complexity index is 1490. The Labute approximate surface area is 201 Å². The second kappa shape index (κ2) is 8.12. The molecule has 0 radical (unpaired) electrons. The number of benzene rings is 2. The van der Waals surface area contributed by atoms with Gasteiger partial charge in [-0.1, -0.05) is 18.2 Å². The maximum absolute atomic E-state index is 13.2. The fourth-order valence-corrected chi connectivity index (χ4v) is 4.62. The molecule has 6 rings (SSSR count). The molecule has 2 aliphatic heterocycles. The van der Waals surface area contributed by atoms with Crippen molar-refractivity contribution in [2.45, 2.75) is 20.3 Å². The highest BCUT2D eigenvalue weighted by Gasteiger charge is 2.36. The van der Waals surface area contributed by atoms with Crippen molar-refractivity contribution in [1.82, 2.24) is 14.8 Å². The van der Waals surface area contributed by atoms with E-state index < -0.39 is 5.92 Å². The fraction of sp³-hybridized carbons (Fsp3) is 0.231. The van der Waals surface area contributed by atoms with Crippen LogP contribution in [0.1, 0.15) is 17.7 Å². The summed E-state index contributed by atoms with van der Waals surface area (Å²) in [5.41, 5.74) is 3.36. The molecule has 1 N–H and O–H groups in total. The van der Waals surface area contributed by atoms with Gasteiger partial charge in [-0.05, 0) is 43.7 Å². The molecule has 0 saturated carbocycles. The van der Waals surface area contributed by atoms with Gasteiger partial charge in [0, 0.05) is 36.2 Å². The Kier molecular flexibility index (Phi) is 4.91. The quantitative estimate of drug-likeness (QED) is 0.489. The van der Waals surface area contributed by atoms with Crippen molar-refractivity contribution < 1.29 is 19.1 Å². The van der Waals surface area contributed by atoms with Gasteiger partial charge in [-0.3, -0.25) is 9.59 Å². The number of carbonyl (C=O) groups excluding carboxylic acids is 2. The van der Waals surface area contributed by atoms with Crippen molar-refractivity contribution >= 4 is 34.2 Å². The molecule has 0 bridgehead atoms. The number of para-hydroxylation sites is 1. The monoisotopic (exact) mass is 469 g/mol. The molecule has 4 heterocycles. The molecule has 2 aliphatic rings. The SMILES string of the molecule is Cc1cc(NC(=O)C2CC(=O)N(c3ccc4c(c3)OCO4)C2)n(-c2cc(C)c3ccccc3n2)n1. The summed E-state index contributed by atoms with van der Waals surface area (Å²) in [6.45, 7) is 4.33. The van der Waals surface area contributed by atoms with E-state index in [0.717, 1.165) is 22.2 Å². The molecule has 1 unspecified atom stereocenters. The Hall–Kier alpha value is -4.40. The first kappa shape index (κ1) is 21.2. The number of nitrogens with zero attached hydrogens (tertiary/aromatic N) is 4. The van der Waals surface area contributed by atoms with Crippen LogP contribution in [0.15, 0.2) is 54.6 Å². The third-order valence-electron chi connectivity index (χ3n) is 6.37. The topological polar surface area (TPSA) is 98.6 Å². The minimum Gasteiger partial charge on any atom is -0.454 e. The van der Waals surface area contributed by atoms with Crippen LogP contribution in [0, 0.1) is 19.8 Å². The maximum atomic E-state index is 13.2. The van der Waals surface area contributed by atoms with Gasteiger partial charge in [0.05, 0.1) is 17.1 Å². The lowest BCUT2D eigenvalue weighted by Gasteiger charge is -2.17. The van der Waals surface area contributed by atoms with Gasteiger partial charge in [0.15, 0.2) is 17.3 Å². The number of fused-ring (bicyclic) bond motifs is 2. The van der Waals surface area contributed by atoms with Crippen molar-refractivity contribution in [2.75, 3.05) is 23.6 Å². The van der Waals surface area contributed by atoms with E-state index in [1.807, 2.05) is 44.2 Å². The molecule has 1 fully saturated rings. The molecular formula is C26H23N5O4. The number of amides is 2. The van der Waals surface area contributed by atoms with Crippen LogP contribution in [0.3, 0.4) is 0 Å². The van der Waals surface area contributed by atoms with E-state index >= 15 is 0 Å². The van der Waals surface area contributed by atoms with Gasteiger partial charge in [-0.15, -0.1) is 0 Å². The van der Waals surface area contributed by atoms with E-state index in [-0.39, 0.29) is 31.6 Å². The van der Waals surface area contributed by atoms with E-state index in [1.165, 1.54) is 0 Å². The Morgan fingerprint density at radius 1 is 1.06 bits per heavy atom. The summed E-state index contributed by atoms with van der Waals surface area (Å²) in [7, 11) is 0. The number of nitrogens with one attached hydrogen (secondary N) is 1. The smallest absolute Gasteiger partial charge is 0.231 e. The normalized spacial score (nSPS) is 16.8. The maximum Gasteiger partial charge on any atom is 0.231 e. The standard InChI is InChI=1S/C26H23N5O4/c1-15-9-23(27-20-6-4-3-5-19(15)20)31-24(10-16(2)29-31)28-26(33)17-11-25(32)30(13-17)18-7-8-21-22(12-18)35-14-34-21/h3-10,12,17H,11,13-14H2,1-2H3,(H,28,33). The largest absolute Gasteiger partial charge is 0.454 e. The minimum atomic E-state index is -0.497. The molecule has 0 aliphatic carbocycles. The third-order valence-corrected chi connectivity index (χ3v) is 6.37. The van der Waals surface area contributed by atoms with Gasteiger partial charge in [-0.25, -0.2) is 4.98 Å². The predicted octanol–water partition coefficient (Wildman–Crippen LogP) is 3.76. The molecule has 4 aromatic rings. The zero-order valence-corrected chi connectivity index (χ0v) is 19.3. The number of rotatable bonds is 4. The number of aryl methyl sites for hydroxylation is 2. The Balaban J connectivity index is 1.24. The molecule has 35 heavy (non-hydrogen) atoms. The zero-order chi connectivity index (χ0) is 24.1. The molecule has 2 aromatic heterocycles. The van der Waals surface area contributed by atoms with Gasteiger partial charge >= 0.3 is 0 Å². The number of pyridine rings is 1. The van der Waals surface area contributed by atoms with E-state index in [1.54, 1.807) is 33.8 Å². The van der Waals surface area contributed by atoms with Crippen molar-refractivity contribution in [3.8, 4) is 17.3 Å². The lowest BCUT2D eigenvalue weighted by molar-refractivity contribution is -0.122. The minimum absolute atomic E-state index is 0.111. The second-order valence-electron chi connectivity index (χ2n) is 8.83. The van der Waals surface area contributed by atoms with Gasteiger partial charge < -0.3 is 19.7 Å². The summed E-state index contributed by atoms with van der Waals surface area (Å²) in [5.74, 6) is 1.54. The number of anilines is 2. The molecular weight excluding hydrogens is 446 g/mol. The van der Waals surface area contributed by atoms with Gasteiger partial charge in [-0.2, -0.15) is 9.78 Å². The highest BCUT2D eigenvalue weighted by molar-refractivity contribution is 6.03. The molecule has 2 amide bonds. The number of ether oxygens (including phenoxy) is 2. The molecule has 1 saturated heterocycles. The van der Waals surface area contributed by atoms with Crippen LogP contribution in [0.2, 0.25) is 0 Å². The van der Waals surface area contributed by atoms with E-state index in [0.29, 0.717) is 28.8 Å². The van der Waals surface area contributed by atoms with Gasteiger partial charge in [0.25, 0.3) is 0 Å². The molecule has 0 spiro atoms. The van der Waals surface area contributed by atoms with Gasteiger partial charge in [0.1, 0.15) is 5.82 Å². The molecule has 9 nitrogen and oxygen atoms in total. The summed E-state index contributed by atoms with van der Waals surface area (Å²) in [6.07, 6.45) is 0.126. The van der Waals surface area contributed by atoms with Crippen molar-refractivity contribution in [2.24, 2.45) is 5.92 Å². The van der Waals surface area contributed by atoms with Crippen LogP contribution >= 0.6 is 0 Å². The lowest BCUT2D eigenvalue weighted by Crippen LogP contribution is -2.28. The summed E-state index contributed by atoms with van der Waals surface area (Å²) in [4.78, 5) is 32.3. The molecule has 9 heteroatoms. The average Bonchev–Trinajstić information content (AvgIpc) is 3.56. The number of hydrogen-bond donors (Lipinski definition) is 1. The fourth-order valence-electron chi connectivity index (χ4n) is 4.62. The second-order valence-corrected chi connectivity index (χ2v) is 8.83.